The monoisotopic (exact) mass is 622 g/mol. The fraction of sp³-hybridized carbons (Fsp3) is 0.444. The Labute approximate surface area is 251 Å². The largest absolute Gasteiger partial charge is 0.496 e. The topological polar surface area (TPSA) is 132 Å². The van der Waals surface area contributed by atoms with Crippen molar-refractivity contribution in [2.75, 3.05) is 47.3 Å². The van der Waals surface area contributed by atoms with Gasteiger partial charge in [0.2, 0.25) is 5.91 Å². The second kappa shape index (κ2) is 15.6. The molecule has 1 amide bonds. The number of thiophene rings is 1. The summed E-state index contributed by atoms with van der Waals surface area (Å²) in [5.41, 5.74) is 0.272. The number of carbonyl (C=O) groups excluding carboxylic acids is 1. The summed E-state index contributed by atoms with van der Waals surface area (Å²) in [7, 11) is 4.80. The minimum atomic E-state index is -0.586. The Balaban J connectivity index is 0.000000541. The number of nitrogens with zero attached hydrogens (tertiary/aromatic N) is 5. The van der Waals surface area contributed by atoms with Crippen molar-refractivity contribution in [2.24, 2.45) is 0 Å². The van der Waals surface area contributed by atoms with E-state index in [-0.39, 0.29) is 25.4 Å². The number of ether oxygens (including phenoxy) is 3. The zero-order chi connectivity index (χ0) is 30.8. The van der Waals surface area contributed by atoms with Gasteiger partial charge < -0.3 is 19.5 Å². The summed E-state index contributed by atoms with van der Waals surface area (Å²) in [5.74, 6) is -0.114. The summed E-state index contributed by atoms with van der Waals surface area (Å²) in [6, 6.07) is 3.63. The molecule has 228 valence electrons. The van der Waals surface area contributed by atoms with Crippen LogP contribution < -0.4 is 21.3 Å². The van der Waals surface area contributed by atoms with Crippen molar-refractivity contribution in [1.82, 2.24) is 29.4 Å². The van der Waals surface area contributed by atoms with Gasteiger partial charge >= 0.3 is 5.69 Å². The Hall–Kier alpha value is -3.53. The molecule has 3 aromatic heterocycles. The molecule has 1 aliphatic heterocycles. The van der Waals surface area contributed by atoms with Gasteiger partial charge in [-0.3, -0.25) is 18.7 Å². The number of hydrogen-bond donors (Lipinski definition) is 2. The lowest BCUT2D eigenvalue weighted by Gasteiger charge is -2.16. The third-order valence-corrected chi connectivity index (χ3v) is 7.76. The van der Waals surface area contributed by atoms with Gasteiger partial charge in [0.05, 0.1) is 44.1 Å². The van der Waals surface area contributed by atoms with Gasteiger partial charge in [0.1, 0.15) is 21.4 Å². The quantitative estimate of drug-likeness (QED) is 0.215. The zero-order valence-corrected chi connectivity index (χ0v) is 25.8. The zero-order valence-electron chi connectivity index (χ0n) is 24.1. The SMILES string of the molecule is COCCOC.COc1ccc(F)cc1CCn1c(=O)n(C2CNC(=O)C2)c(=O)c2c(C)c(-n3nccn3)sc21.CS. The molecule has 0 aliphatic carbocycles. The highest BCUT2D eigenvalue weighted by atomic mass is 32.1. The van der Waals surface area contributed by atoms with Crippen LogP contribution in [0.25, 0.3) is 15.2 Å². The van der Waals surface area contributed by atoms with E-state index in [4.69, 9.17) is 4.74 Å². The van der Waals surface area contributed by atoms with Gasteiger partial charge in [-0.25, -0.2) is 9.18 Å². The molecule has 1 unspecified atom stereocenters. The van der Waals surface area contributed by atoms with E-state index in [1.807, 2.05) is 0 Å². The summed E-state index contributed by atoms with van der Waals surface area (Å²) in [5, 5.41) is 12.0. The molecule has 1 N–H and O–H groups in total. The summed E-state index contributed by atoms with van der Waals surface area (Å²) >= 11 is 4.76. The van der Waals surface area contributed by atoms with Crippen molar-refractivity contribution in [3.8, 4) is 10.8 Å². The lowest BCUT2D eigenvalue weighted by Crippen LogP contribution is -2.43. The molecule has 15 heteroatoms. The van der Waals surface area contributed by atoms with Crippen LogP contribution in [0.2, 0.25) is 0 Å². The number of aromatic nitrogens is 5. The molecule has 0 spiro atoms. The number of nitrogens with one attached hydrogen (secondary N) is 1. The van der Waals surface area contributed by atoms with Crippen LogP contribution in [-0.4, -0.2) is 77.4 Å². The van der Waals surface area contributed by atoms with E-state index in [1.165, 1.54) is 58.4 Å². The summed E-state index contributed by atoms with van der Waals surface area (Å²) in [6.07, 6.45) is 5.10. The highest BCUT2D eigenvalue weighted by Crippen LogP contribution is 2.31. The summed E-state index contributed by atoms with van der Waals surface area (Å²) < 4.78 is 31.2. The van der Waals surface area contributed by atoms with Crippen molar-refractivity contribution in [1.29, 1.82) is 0 Å². The van der Waals surface area contributed by atoms with Crippen molar-refractivity contribution in [3.05, 3.63) is 68.4 Å². The lowest BCUT2D eigenvalue weighted by molar-refractivity contribution is -0.119. The third kappa shape index (κ3) is 7.27. The number of carbonyl (C=O) groups is 1. The first-order chi connectivity index (χ1) is 20.3. The normalized spacial score (nSPS) is 14.2. The Bertz CT molecular complexity index is 1600. The Morgan fingerprint density at radius 2 is 1.76 bits per heavy atom. The predicted octanol–water partition coefficient (Wildman–Crippen LogP) is 2.39. The maximum absolute atomic E-state index is 13.9. The average molecular weight is 623 g/mol. The first kappa shape index (κ1) is 33.0. The molecule has 4 aromatic rings. The molecule has 42 heavy (non-hydrogen) atoms. The molecule has 12 nitrogen and oxygen atoms in total. The Kier molecular flexibility index (Phi) is 12.3. The Morgan fingerprint density at radius 1 is 1.10 bits per heavy atom. The molecular weight excluding hydrogens is 587 g/mol. The molecule has 4 heterocycles. The predicted molar refractivity (Wildman–Crippen MR) is 162 cm³/mol. The van der Waals surface area contributed by atoms with Crippen LogP contribution in [0.1, 0.15) is 23.6 Å². The highest BCUT2D eigenvalue weighted by Gasteiger charge is 2.29. The van der Waals surface area contributed by atoms with Gasteiger partial charge in [-0.2, -0.15) is 22.8 Å². The molecule has 1 fully saturated rings. The molecule has 1 aliphatic rings. The average Bonchev–Trinajstić information content (AvgIpc) is 3.74. The van der Waals surface area contributed by atoms with E-state index in [9.17, 15) is 18.8 Å². The standard InChI is InChI=1S/C22H21FN6O4S.C4H10O2.CH4S/c1-12-18-19(31)28(15-10-17(30)24-11-15)22(32)27(21(18)34-20(12)29-25-6-7-26-29)8-5-13-9-14(23)3-4-16(13)33-2;1-5-3-4-6-2;1-2/h3-4,6-7,9,15H,5,8,10-11H2,1-2H3,(H,24,30);3-4H2,1-2H3;2H,1H3. The minimum Gasteiger partial charge on any atom is -0.496 e. The number of aryl methyl sites for hydroxylation is 3. The molecule has 1 aromatic carbocycles. The second-order valence-electron chi connectivity index (χ2n) is 8.99. The lowest BCUT2D eigenvalue weighted by atomic mass is 10.1. The van der Waals surface area contributed by atoms with Crippen molar-refractivity contribution in [3.63, 3.8) is 0 Å². The number of thiol groups is 1. The summed E-state index contributed by atoms with van der Waals surface area (Å²) in [6.45, 7) is 3.54. The van der Waals surface area contributed by atoms with Gasteiger partial charge in [-0.1, -0.05) is 11.3 Å². The molecule has 5 rings (SSSR count). The molecule has 0 saturated carbocycles. The van der Waals surface area contributed by atoms with Crippen LogP contribution in [0, 0.1) is 12.7 Å². The highest BCUT2D eigenvalue weighted by molar-refractivity contribution is 7.79. The maximum atomic E-state index is 13.9. The van der Waals surface area contributed by atoms with Gasteiger partial charge in [0.15, 0.2) is 0 Å². The minimum absolute atomic E-state index is 0.0507. The first-order valence-electron chi connectivity index (χ1n) is 13.0. The molecule has 1 saturated heterocycles. The fourth-order valence-electron chi connectivity index (χ4n) is 4.50. The Morgan fingerprint density at radius 3 is 2.33 bits per heavy atom. The number of amides is 1. The number of rotatable bonds is 9. The number of methoxy groups -OCH3 is 3. The van der Waals surface area contributed by atoms with Gasteiger partial charge in [-0.15, -0.1) is 4.80 Å². The van der Waals surface area contributed by atoms with Crippen LogP contribution in [0.15, 0.2) is 40.2 Å². The number of benzene rings is 1. The number of fused-ring (bicyclic) bond motifs is 1. The van der Waals surface area contributed by atoms with E-state index in [2.05, 4.69) is 37.6 Å². The van der Waals surface area contributed by atoms with Crippen molar-refractivity contribution in [2.45, 2.75) is 32.4 Å². The summed E-state index contributed by atoms with van der Waals surface area (Å²) in [4.78, 5) is 40.8. The molecular formula is C27H35FN6O6S2. The van der Waals surface area contributed by atoms with Crippen molar-refractivity contribution < 1.29 is 23.4 Å². The van der Waals surface area contributed by atoms with Gasteiger partial charge in [0, 0.05) is 39.3 Å². The molecule has 1 atom stereocenters. The van der Waals surface area contributed by atoms with Crippen LogP contribution in [0.4, 0.5) is 4.39 Å². The molecule has 0 bridgehead atoms. The smallest absolute Gasteiger partial charge is 0.332 e. The van der Waals surface area contributed by atoms with E-state index in [0.29, 0.717) is 51.7 Å². The van der Waals surface area contributed by atoms with E-state index < -0.39 is 23.1 Å². The second-order valence-corrected chi connectivity index (χ2v) is 9.97. The van der Waals surface area contributed by atoms with Crippen LogP contribution in [-0.2, 0) is 27.2 Å². The third-order valence-electron chi connectivity index (χ3n) is 6.48. The van der Waals surface area contributed by atoms with Crippen LogP contribution in [0.3, 0.4) is 0 Å². The van der Waals surface area contributed by atoms with Crippen molar-refractivity contribution >= 4 is 40.1 Å². The molecule has 0 radical (unpaired) electrons. The first-order valence-corrected chi connectivity index (χ1v) is 14.7. The van der Waals surface area contributed by atoms with Crippen LogP contribution in [0.5, 0.6) is 5.75 Å². The van der Waals surface area contributed by atoms with Crippen LogP contribution >= 0.6 is 24.0 Å². The number of hydrogen-bond acceptors (Lipinski definition) is 10. The fourth-order valence-corrected chi connectivity index (χ4v) is 5.73. The number of halogens is 1. The maximum Gasteiger partial charge on any atom is 0.332 e. The van der Waals surface area contributed by atoms with Gasteiger partial charge in [0.25, 0.3) is 5.56 Å². The van der Waals surface area contributed by atoms with E-state index in [0.717, 1.165) is 4.57 Å². The van der Waals surface area contributed by atoms with Gasteiger partial charge in [-0.05, 0) is 43.4 Å². The van der Waals surface area contributed by atoms with E-state index >= 15 is 0 Å². The van der Waals surface area contributed by atoms with E-state index in [1.54, 1.807) is 27.4 Å².